The number of likely N-dealkylation sites (N-methyl/N-ethyl adjacent to an activating group) is 1. The topological polar surface area (TPSA) is 33.2 Å². The van der Waals surface area contributed by atoms with Crippen LogP contribution in [-0.4, -0.2) is 28.9 Å². The van der Waals surface area contributed by atoms with E-state index in [1.807, 2.05) is 19.1 Å². The number of hydrogen-bond donors (Lipinski definition) is 0. The minimum atomic E-state index is -0.323. The fourth-order valence-electron chi connectivity index (χ4n) is 2.19. The van der Waals surface area contributed by atoms with E-state index in [0.717, 1.165) is 12.0 Å². The lowest BCUT2D eigenvalue weighted by Gasteiger charge is -2.21. The molecule has 21 heavy (non-hydrogen) atoms. The largest absolute Gasteiger partial charge is 0.342 e. The maximum absolute atomic E-state index is 13.6. The molecular formula is C17H19FN2O. The molecule has 0 unspecified atom stereocenters. The van der Waals surface area contributed by atoms with Crippen molar-refractivity contribution in [3.8, 4) is 0 Å². The van der Waals surface area contributed by atoms with Crippen LogP contribution in [0.3, 0.4) is 0 Å². The van der Waals surface area contributed by atoms with Crippen molar-refractivity contribution >= 4 is 5.91 Å². The Labute approximate surface area is 124 Å². The molecule has 0 aliphatic heterocycles. The molecule has 1 amide bonds. The predicted octanol–water partition coefficient (Wildman–Crippen LogP) is 2.85. The highest BCUT2D eigenvalue weighted by Gasteiger charge is 2.14. The summed E-state index contributed by atoms with van der Waals surface area (Å²) in [4.78, 5) is 18.0. The first-order valence-electron chi connectivity index (χ1n) is 7.10. The van der Waals surface area contributed by atoms with Crippen molar-refractivity contribution in [1.29, 1.82) is 0 Å². The fourth-order valence-corrected chi connectivity index (χ4v) is 2.19. The molecule has 0 radical (unpaired) electrons. The molecule has 0 spiro atoms. The lowest BCUT2D eigenvalue weighted by atomic mass is 10.1. The third-order valence-corrected chi connectivity index (χ3v) is 3.45. The number of amides is 1. The summed E-state index contributed by atoms with van der Waals surface area (Å²) in [5.74, 6) is -0.368. The van der Waals surface area contributed by atoms with Gasteiger partial charge in [0.25, 0.3) is 0 Å². The SMILES string of the molecule is CCN(CCc1ccncc1)C(=O)Cc1ccccc1F. The van der Waals surface area contributed by atoms with Gasteiger partial charge in [-0.1, -0.05) is 18.2 Å². The number of nitrogens with zero attached hydrogens (tertiary/aromatic N) is 2. The summed E-state index contributed by atoms with van der Waals surface area (Å²) in [5.41, 5.74) is 1.59. The first-order chi connectivity index (χ1) is 10.2. The third kappa shape index (κ3) is 4.38. The van der Waals surface area contributed by atoms with Crippen LogP contribution in [-0.2, 0) is 17.6 Å². The molecule has 4 heteroatoms. The number of rotatable bonds is 6. The predicted molar refractivity (Wildman–Crippen MR) is 80.3 cm³/mol. The second-order valence-corrected chi connectivity index (χ2v) is 4.85. The lowest BCUT2D eigenvalue weighted by Crippen LogP contribution is -2.34. The quantitative estimate of drug-likeness (QED) is 0.818. The zero-order valence-electron chi connectivity index (χ0n) is 12.1. The molecule has 0 saturated heterocycles. The van der Waals surface area contributed by atoms with E-state index in [4.69, 9.17) is 0 Å². The number of carbonyl (C=O) groups is 1. The van der Waals surface area contributed by atoms with Gasteiger partial charge in [0, 0.05) is 25.5 Å². The van der Waals surface area contributed by atoms with Crippen LogP contribution < -0.4 is 0 Å². The molecule has 1 heterocycles. The van der Waals surface area contributed by atoms with Gasteiger partial charge < -0.3 is 4.90 Å². The van der Waals surface area contributed by atoms with Crippen LogP contribution in [0.5, 0.6) is 0 Å². The van der Waals surface area contributed by atoms with Crippen LogP contribution in [0.2, 0.25) is 0 Å². The van der Waals surface area contributed by atoms with Gasteiger partial charge in [-0.15, -0.1) is 0 Å². The number of aromatic nitrogens is 1. The Kier molecular flexibility index (Phi) is 5.43. The average Bonchev–Trinajstić information content (AvgIpc) is 2.51. The molecule has 0 saturated carbocycles. The Hall–Kier alpha value is -2.23. The molecule has 0 aliphatic carbocycles. The van der Waals surface area contributed by atoms with E-state index >= 15 is 0 Å². The molecular weight excluding hydrogens is 267 g/mol. The van der Waals surface area contributed by atoms with Crippen molar-refractivity contribution in [3.05, 3.63) is 65.7 Å². The Morgan fingerprint density at radius 2 is 1.90 bits per heavy atom. The maximum Gasteiger partial charge on any atom is 0.227 e. The molecule has 3 nitrogen and oxygen atoms in total. The van der Waals surface area contributed by atoms with Gasteiger partial charge in [0.15, 0.2) is 0 Å². The smallest absolute Gasteiger partial charge is 0.227 e. The van der Waals surface area contributed by atoms with Crippen LogP contribution in [0.4, 0.5) is 4.39 Å². The Morgan fingerprint density at radius 1 is 1.19 bits per heavy atom. The summed E-state index contributed by atoms with van der Waals surface area (Å²) in [6.07, 6.45) is 4.37. The van der Waals surface area contributed by atoms with Gasteiger partial charge >= 0.3 is 0 Å². The second kappa shape index (κ2) is 7.53. The van der Waals surface area contributed by atoms with E-state index in [0.29, 0.717) is 18.7 Å². The van der Waals surface area contributed by atoms with Crippen LogP contribution in [0.15, 0.2) is 48.8 Å². The van der Waals surface area contributed by atoms with Crippen molar-refractivity contribution in [2.75, 3.05) is 13.1 Å². The van der Waals surface area contributed by atoms with Gasteiger partial charge in [0.1, 0.15) is 5.82 Å². The molecule has 0 aliphatic rings. The summed E-state index contributed by atoms with van der Waals surface area (Å²) in [5, 5.41) is 0. The van der Waals surface area contributed by atoms with E-state index in [1.165, 1.54) is 6.07 Å². The average molecular weight is 286 g/mol. The highest BCUT2D eigenvalue weighted by atomic mass is 19.1. The van der Waals surface area contributed by atoms with Crippen molar-refractivity contribution in [2.45, 2.75) is 19.8 Å². The van der Waals surface area contributed by atoms with Gasteiger partial charge in [0.2, 0.25) is 5.91 Å². The fraction of sp³-hybridized carbons (Fsp3) is 0.294. The van der Waals surface area contributed by atoms with Crippen molar-refractivity contribution in [3.63, 3.8) is 0 Å². The van der Waals surface area contributed by atoms with E-state index in [1.54, 1.807) is 35.5 Å². The van der Waals surface area contributed by atoms with E-state index in [2.05, 4.69) is 4.98 Å². The lowest BCUT2D eigenvalue weighted by molar-refractivity contribution is -0.130. The van der Waals surface area contributed by atoms with Gasteiger partial charge in [-0.25, -0.2) is 4.39 Å². The Morgan fingerprint density at radius 3 is 2.57 bits per heavy atom. The molecule has 2 rings (SSSR count). The number of pyridine rings is 1. The molecule has 2 aromatic rings. The second-order valence-electron chi connectivity index (χ2n) is 4.85. The summed E-state index contributed by atoms with van der Waals surface area (Å²) < 4.78 is 13.6. The number of benzene rings is 1. The maximum atomic E-state index is 13.6. The van der Waals surface area contributed by atoms with Crippen LogP contribution in [0, 0.1) is 5.82 Å². The van der Waals surface area contributed by atoms with Crippen LogP contribution in [0.1, 0.15) is 18.1 Å². The molecule has 1 aromatic carbocycles. The van der Waals surface area contributed by atoms with Gasteiger partial charge in [-0.05, 0) is 42.7 Å². The van der Waals surface area contributed by atoms with E-state index < -0.39 is 0 Å². The van der Waals surface area contributed by atoms with Crippen molar-refractivity contribution < 1.29 is 9.18 Å². The minimum absolute atomic E-state index is 0.0448. The molecule has 1 aromatic heterocycles. The minimum Gasteiger partial charge on any atom is -0.342 e. The summed E-state index contributed by atoms with van der Waals surface area (Å²) in [7, 11) is 0. The first-order valence-corrected chi connectivity index (χ1v) is 7.10. The number of halogens is 1. The monoisotopic (exact) mass is 286 g/mol. The standard InChI is InChI=1S/C17H19FN2O/c1-2-20(12-9-14-7-10-19-11-8-14)17(21)13-15-5-3-4-6-16(15)18/h3-8,10-11H,2,9,12-13H2,1H3. The normalized spacial score (nSPS) is 10.4. The van der Waals surface area contributed by atoms with Crippen LogP contribution >= 0.6 is 0 Å². The third-order valence-electron chi connectivity index (χ3n) is 3.45. The zero-order chi connectivity index (χ0) is 15.1. The molecule has 110 valence electrons. The molecule has 0 atom stereocenters. The van der Waals surface area contributed by atoms with Gasteiger partial charge in [0.05, 0.1) is 6.42 Å². The van der Waals surface area contributed by atoms with Crippen molar-refractivity contribution in [1.82, 2.24) is 9.88 Å². The highest BCUT2D eigenvalue weighted by molar-refractivity contribution is 5.78. The summed E-state index contributed by atoms with van der Waals surface area (Å²) in [6, 6.07) is 10.3. The Bertz CT molecular complexity index is 586. The van der Waals surface area contributed by atoms with Crippen LogP contribution in [0.25, 0.3) is 0 Å². The van der Waals surface area contributed by atoms with E-state index in [9.17, 15) is 9.18 Å². The number of carbonyl (C=O) groups excluding carboxylic acids is 1. The molecule has 0 bridgehead atoms. The summed E-state index contributed by atoms with van der Waals surface area (Å²) >= 11 is 0. The van der Waals surface area contributed by atoms with E-state index in [-0.39, 0.29) is 18.1 Å². The summed E-state index contributed by atoms with van der Waals surface area (Å²) in [6.45, 7) is 3.19. The van der Waals surface area contributed by atoms with Gasteiger partial charge in [-0.3, -0.25) is 9.78 Å². The molecule has 0 fully saturated rings. The first kappa shape index (κ1) is 15.2. The number of hydrogen-bond acceptors (Lipinski definition) is 2. The highest BCUT2D eigenvalue weighted by Crippen LogP contribution is 2.09. The Balaban J connectivity index is 1.94. The zero-order valence-corrected chi connectivity index (χ0v) is 12.1. The van der Waals surface area contributed by atoms with Gasteiger partial charge in [-0.2, -0.15) is 0 Å². The van der Waals surface area contributed by atoms with Crippen molar-refractivity contribution in [2.24, 2.45) is 0 Å². The molecule has 0 N–H and O–H groups in total.